The molecule has 0 spiro atoms. The summed E-state index contributed by atoms with van der Waals surface area (Å²) in [6.07, 6.45) is 0.565. The predicted molar refractivity (Wildman–Crippen MR) is 96.0 cm³/mol. The van der Waals surface area contributed by atoms with Crippen molar-refractivity contribution in [3.63, 3.8) is 0 Å². The Balaban J connectivity index is 2.69. The van der Waals surface area contributed by atoms with Gasteiger partial charge in [0.25, 0.3) is 0 Å². The van der Waals surface area contributed by atoms with Gasteiger partial charge in [0.15, 0.2) is 0 Å². The van der Waals surface area contributed by atoms with Crippen molar-refractivity contribution in [3.8, 4) is 0 Å². The monoisotopic (exact) mass is 404 g/mol. The second-order valence-electron chi connectivity index (χ2n) is 6.08. The summed E-state index contributed by atoms with van der Waals surface area (Å²) < 4.78 is 0. The molecule has 12 heteroatoms. The number of carbonyl (C=O) groups is 5. The highest BCUT2D eigenvalue weighted by Gasteiger charge is 2.37. The molecule has 1 heterocycles. The number of carboxylic acids is 2. The molecule has 27 heavy (non-hydrogen) atoms. The lowest BCUT2D eigenvalue weighted by atomic mass is 10.1. The topological polar surface area (TPSA) is 179 Å². The van der Waals surface area contributed by atoms with Crippen molar-refractivity contribution >= 4 is 42.3 Å². The van der Waals surface area contributed by atoms with Gasteiger partial charge in [-0.05, 0) is 19.3 Å². The molecule has 152 valence electrons. The highest BCUT2D eigenvalue weighted by atomic mass is 32.1. The fourth-order valence-electron chi connectivity index (χ4n) is 2.66. The van der Waals surface area contributed by atoms with E-state index in [4.69, 9.17) is 15.9 Å². The van der Waals surface area contributed by atoms with Crippen LogP contribution in [0.5, 0.6) is 0 Å². The molecular formula is C15H24N4O7S. The number of nitrogens with one attached hydrogen (secondary N) is 2. The molecule has 0 bridgehead atoms. The van der Waals surface area contributed by atoms with Gasteiger partial charge < -0.3 is 31.5 Å². The van der Waals surface area contributed by atoms with Crippen LogP contribution < -0.4 is 16.4 Å². The number of carbonyl (C=O) groups excluding carboxylic acids is 3. The van der Waals surface area contributed by atoms with Crippen LogP contribution in [0.15, 0.2) is 0 Å². The fourth-order valence-corrected chi connectivity index (χ4v) is 2.91. The molecule has 0 radical (unpaired) electrons. The second-order valence-corrected chi connectivity index (χ2v) is 6.45. The molecule has 1 aliphatic rings. The Labute approximate surface area is 161 Å². The van der Waals surface area contributed by atoms with E-state index >= 15 is 0 Å². The minimum absolute atomic E-state index is 0.0454. The molecule has 0 saturated carbocycles. The van der Waals surface area contributed by atoms with E-state index in [0.29, 0.717) is 12.8 Å². The van der Waals surface area contributed by atoms with Crippen LogP contribution in [0.25, 0.3) is 0 Å². The Morgan fingerprint density at radius 3 is 2.41 bits per heavy atom. The summed E-state index contributed by atoms with van der Waals surface area (Å²) >= 11 is 4.05. The minimum Gasteiger partial charge on any atom is -0.481 e. The number of thiol groups is 1. The number of hydrogen-bond acceptors (Lipinski definition) is 7. The summed E-state index contributed by atoms with van der Waals surface area (Å²) in [4.78, 5) is 59.2. The molecule has 0 aromatic heterocycles. The van der Waals surface area contributed by atoms with Gasteiger partial charge >= 0.3 is 11.9 Å². The van der Waals surface area contributed by atoms with E-state index in [9.17, 15) is 24.0 Å². The first-order valence-electron chi connectivity index (χ1n) is 8.36. The minimum atomic E-state index is -1.20. The third-order valence-electron chi connectivity index (χ3n) is 4.06. The number of carboxylic acid groups (broad SMARTS) is 2. The molecule has 3 amide bonds. The summed E-state index contributed by atoms with van der Waals surface area (Å²) in [5.74, 6) is -4.13. The number of nitrogens with zero attached hydrogens (tertiary/aromatic N) is 1. The average molecular weight is 404 g/mol. The van der Waals surface area contributed by atoms with Gasteiger partial charge in [0.05, 0.1) is 6.04 Å². The predicted octanol–water partition coefficient (Wildman–Crippen LogP) is -2.22. The summed E-state index contributed by atoms with van der Waals surface area (Å²) in [6.45, 7) is -0.266. The largest absolute Gasteiger partial charge is 0.481 e. The highest BCUT2D eigenvalue weighted by molar-refractivity contribution is 7.80. The molecule has 1 aliphatic heterocycles. The summed E-state index contributed by atoms with van der Waals surface area (Å²) in [5, 5.41) is 21.9. The van der Waals surface area contributed by atoms with Crippen LogP contribution in [-0.2, 0) is 24.0 Å². The second kappa shape index (κ2) is 10.7. The Morgan fingerprint density at radius 1 is 1.19 bits per heavy atom. The molecule has 1 fully saturated rings. The van der Waals surface area contributed by atoms with E-state index in [2.05, 4.69) is 23.3 Å². The van der Waals surface area contributed by atoms with Gasteiger partial charge in [-0.3, -0.25) is 24.0 Å². The van der Waals surface area contributed by atoms with E-state index in [1.165, 1.54) is 4.90 Å². The van der Waals surface area contributed by atoms with Crippen LogP contribution in [0, 0.1) is 0 Å². The molecule has 1 rings (SSSR count). The third-order valence-corrected chi connectivity index (χ3v) is 4.42. The molecule has 0 aliphatic carbocycles. The van der Waals surface area contributed by atoms with E-state index in [0.717, 1.165) is 0 Å². The van der Waals surface area contributed by atoms with Crippen molar-refractivity contribution in [3.05, 3.63) is 0 Å². The van der Waals surface area contributed by atoms with Crippen LogP contribution in [-0.4, -0.2) is 81.7 Å². The van der Waals surface area contributed by atoms with Crippen LogP contribution in [0.2, 0.25) is 0 Å². The number of aliphatic carboxylic acids is 2. The van der Waals surface area contributed by atoms with E-state index in [1.807, 2.05) is 0 Å². The van der Waals surface area contributed by atoms with Gasteiger partial charge in [0, 0.05) is 18.7 Å². The fraction of sp³-hybridized carbons (Fsp3) is 0.667. The van der Waals surface area contributed by atoms with E-state index in [-0.39, 0.29) is 25.1 Å². The molecule has 0 aromatic rings. The van der Waals surface area contributed by atoms with Gasteiger partial charge in [-0.1, -0.05) is 0 Å². The number of likely N-dealkylation sites (tertiary alicyclic amines) is 1. The van der Waals surface area contributed by atoms with Crippen LogP contribution in [0.3, 0.4) is 0 Å². The van der Waals surface area contributed by atoms with Crippen LogP contribution >= 0.6 is 12.6 Å². The summed E-state index contributed by atoms with van der Waals surface area (Å²) in [5.41, 5.74) is 5.62. The first kappa shape index (κ1) is 22.7. The quantitative estimate of drug-likeness (QED) is 0.222. The lowest BCUT2D eigenvalue weighted by molar-refractivity contribution is -0.142. The van der Waals surface area contributed by atoms with Gasteiger partial charge in [0.1, 0.15) is 18.6 Å². The van der Waals surface area contributed by atoms with Crippen molar-refractivity contribution in [1.29, 1.82) is 0 Å². The molecule has 6 N–H and O–H groups in total. The molecule has 3 atom stereocenters. The van der Waals surface area contributed by atoms with Crippen molar-refractivity contribution in [2.45, 2.75) is 43.8 Å². The van der Waals surface area contributed by atoms with Gasteiger partial charge in [-0.25, -0.2) is 0 Å². The zero-order chi connectivity index (χ0) is 20.6. The highest BCUT2D eigenvalue weighted by Crippen LogP contribution is 2.19. The Morgan fingerprint density at radius 2 is 1.85 bits per heavy atom. The SMILES string of the molecule is NC(CCC(=O)O)C(=O)NC(CS)C(=O)N1CCCC1C(=O)NCC(=O)O. The Bertz CT molecular complexity index is 601. The smallest absolute Gasteiger partial charge is 0.322 e. The number of nitrogens with two attached hydrogens (primary N) is 1. The average Bonchev–Trinajstić information content (AvgIpc) is 3.10. The zero-order valence-electron chi connectivity index (χ0n) is 14.6. The van der Waals surface area contributed by atoms with E-state index < -0.39 is 54.3 Å². The maximum absolute atomic E-state index is 12.7. The molecule has 1 saturated heterocycles. The summed E-state index contributed by atoms with van der Waals surface area (Å²) in [7, 11) is 0. The van der Waals surface area contributed by atoms with Gasteiger partial charge in [0.2, 0.25) is 17.7 Å². The summed E-state index contributed by atoms with van der Waals surface area (Å²) in [6, 6.07) is -2.95. The Kier molecular flexibility index (Phi) is 9.02. The van der Waals surface area contributed by atoms with Gasteiger partial charge in [-0.15, -0.1) is 0 Å². The maximum atomic E-state index is 12.7. The first-order chi connectivity index (χ1) is 12.7. The number of amides is 3. The van der Waals surface area contributed by atoms with Crippen LogP contribution in [0.4, 0.5) is 0 Å². The third kappa shape index (κ3) is 7.06. The molecule has 3 unspecified atom stereocenters. The molecular weight excluding hydrogens is 380 g/mol. The van der Waals surface area contributed by atoms with E-state index in [1.54, 1.807) is 0 Å². The first-order valence-corrected chi connectivity index (χ1v) is 8.99. The molecule has 0 aromatic carbocycles. The van der Waals surface area contributed by atoms with Crippen molar-refractivity contribution in [2.75, 3.05) is 18.8 Å². The zero-order valence-corrected chi connectivity index (χ0v) is 15.5. The number of rotatable bonds is 10. The van der Waals surface area contributed by atoms with Crippen molar-refractivity contribution in [1.82, 2.24) is 15.5 Å². The van der Waals surface area contributed by atoms with Crippen molar-refractivity contribution in [2.24, 2.45) is 5.73 Å². The number of hydrogen-bond donors (Lipinski definition) is 6. The van der Waals surface area contributed by atoms with Gasteiger partial charge in [-0.2, -0.15) is 12.6 Å². The van der Waals surface area contributed by atoms with Crippen molar-refractivity contribution < 1.29 is 34.2 Å². The molecule has 11 nitrogen and oxygen atoms in total. The lowest BCUT2D eigenvalue weighted by Crippen LogP contribution is -2.56. The lowest BCUT2D eigenvalue weighted by Gasteiger charge is -2.28. The Hall–Kier alpha value is -2.34. The van der Waals surface area contributed by atoms with Crippen LogP contribution in [0.1, 0.15) is 25.7 Å². The maximum Gasteiger partial charge on any atom is 0.322 e. The standard InChI is InChI=1S/C15H24N4O7S/c16-8(3-4-11(20)21)13(24)18-9(7-27)15(26)19-5-1-2-10(19)14(25)17-6-12(22)23/h8-10,27H,1-7,16H2,(H,17,25)(H,18,24)(H,20,21)(H,22,23). The normalized spacial score (nSPS) is 18.4.